The number of amides is 1. The lowest BCUT2D eigenvalue weighted by Gasteiger charge is -2.18. The van der Waals surface area contributed by atoms with Crippen molar-refractivity contribution in [1.29, 1.82) is 0 Å². The minimum Gasteiger partial charge on any atom is -0.497 e. The second kappa shape index (κ2) is 8.44. The normalized spacial score (nSPS) is 12.0. The van der Waals surface area contributed by atoms with Crippen LogP contribution < -0.4 is 10.1 Å². The Kier molecular flexibility index (Phi) is 5.80. The lowest BCUT2D eigenvalue weighted by Crippen LogP contribution is -2.36. The zero-order chi connectivity index (χ0) is 19.2. The van der Waals surface area contributed by atoms with Crippen LogP contribution in [0.25, 0.3) is 11.4 Å². The van der Waals surface area contributed by atoms with Gasteiger partial charge in [-0.15, -0.1) is 10.2 Å². The van der Waals surface area contributed by atoms with Gasteiger partial charge in [0.05, 0.1) is 7.11 Å². The highest BCUT2D eigenvalue weighted by molar-refractivity contribution is 5.80. The molecule has 1 aromatic heterocycles. The first-order valence-corrected chi connectivity index (χ1v) is 8.84. The Morgan fingerprint density at radius 2 is 1.81 bits per heavy atom. The third-order valence-corrected chi connectivity index (χ3v) is 4.23. The summed E-state index contributed by atoms with van der Waals surface area (Å²) in [5, 5.41) is 15.6. The van der Waals surface area contributed by atoms with Gasteiger partial charge in [-0.25, -0.2) is 0 Å². The molecule has 0 aliphatic rings. The van der Waals surface area contributed by atoms with E-state index in [9.17, 15) is 4.79 Å². The van der Waals surface area contributed by atoms with Crippen molar-refractivity contribution in [3.8, 4) is 17.1 Å². The van der Waals surface area contributed by atoms with Crippen LogP contribution in [0, 0.1) is 5.92 Å². The monoisotopic (exact) mass is 365 g/mol. The van der Waals surface area contributed by atoms with E-state index in [2.05, 4.69) is 20.7 Å². The highest BCUT2D eigenvalue weighted by Crippen LogP contribution is 2.19. The Hall–Kier alpha value is -3.22. The molecular weight excluding hydrogens is 342 g/mol. The molecule has 27 heavy (non-hydrogen) atoms. The third-order valence-electron chi connectivity index (χ3n) is 4.23. The summed E-state index contributed by atoms with van der Waals surface area (Å²) in [5.41, 5.74) is 1.85. The summed E-state index contributed by atoms with van der Waals surface area (Å²) in [7, 11) is 1.62. The summed E-state index contributed by atoms with van der Waals surface area (Å²) in [5.74, 6) is 1.16. The first-order chi connectivity index (χ1) is 13.1. The second-order valence-electron chi connectivity index (χ2n) is 6.55. The number of carbonyl (C=O) groups is 1. The highest BCUT2D eigenvalue weighted by atomic mass is 16.5. The van der Waals surface area contributed by atoms with Gasteiger partial charge < -0.3 is 10.1 Å². The van der Waals surface area contributed by atoms with Crippen LogP contribution in [0.1, 0.15) is 25.5 Å². The first kappa shape index (κ1) is 18.6. The molecule has 0 aliphatic carbocycles. The molecule has 7 nitrogen and oxygen atoms in total. The summed E-state index contributed by atoms with van der Waals surface area (Å²) >= 11 is 0. The van der Waals surface area contributed by atoms with Crippen molar-refractivity contribution < 1.29 is 9.53 Å². The van der Waals surface area contributed by atoms with Crippen molar-refractivity contribution in [2.45, 2.75) is 26.4 Å². The molecule has 0 saturated heterocycles. The van der Waals surface area contributed by atoms with Crippen LogP contribution in [0.15, 0.2) is 54.6 Å². The molecule has 0 spiro atoms. The van der Waals surface area contributed by atoms with E-state index in [0.29, 0.717) is 12.4 Å². The third kappa shape index (κ3) is 4.49. The predicted molar refractivity (Wildman–Crippen MR) is 102 cm³/mol. The number of rotatable bonds is 7. The number of nitrogens with zero attached hydrogens (tertiary/aromatic N) is 4. The van der Waals surface area contributed by atoms with Gasteiger partial charge in [0.1, 0.15) is 5.75 Å². The molecule has 1 unspecified atom stereocenters. The fourth-order valence-electron chi connectivity index (χ4n) is 2.76. The van der Waals surface area contributed by atoms with E-state index in [4.69, 9.17) is 4.74 Å². The lowest BCUT2D eigenvalue weighted by molar-refractivity contribution is -0.126. The average Bonchev–Trinajstić information content (AvgIpc) is 3.17. The van der Waals surface area contributed by atoms with Crippen molar-refractivity contribution in [2.75, 3.05) is 7.11 Å². The van der Waals surface area contributed by atoms with Crippen molar-refractivity contribution in [2.24, 2.45) is 5.92 Å². The maximum atomic E-state index is 12.8. The van der Waals surface area contributed by atoms with Crippen LogP contribution in [0.3, 0.4) is 0 Å². The van der Waals surface area contributed by atoms with Gasteiger partial charge in [0.15, 0.2) is 6.04 Å². The van der Waals surface area contributed by atoms with Crippen LogP contribution >= 0.6 is 0 Å². The summed E-state index contributed by atoms with van der Waals surface area (Å²) in [6, 6.07) is 16.6. The minimum absolute atomic E-state index is 0.0127. The predicted octanol–water partition coefficient (Wildman–Crippen LogP) is 2.86. The Balaban J connectivity index is 1.71. The van der Waals surface area contributed by atoms with E-state index < -0.39 is 6.04 Å². The topological polar surface area (TPSA) is 81.9 Å². The summed E-state index contributed by atoms with van der Waals surface area (Å²) in [6.45, 7) is 4.35. The SMILES string of the molecule is COc1ccc(CNC(=O)C(C(C)C)n2nnc(-c3ccccc3)n2)cc1. The maximum absolute atomic E-state index is 12.8. The molecule has 0 fully saturated rings. The number of ether oxygens (including phenoxy) is 1. The number of aromatic nitrogens is 4. The van der Waals surface area contributed by atoms with Crippen molar-refractivity contribution >= 4 is 5.91 Å². The van der Waals surface area contributed by atoms with Crippen LogP contribution in [0.2, 0.25) is 0 Å². The van der Waals surface area contributed by atoms with Gasteiger partial charge in [-0.1, -0.05) is 56.3 Å². The van der Waals surface area contributed by atoms with Crippen LogP contribution in [-0.2, 0) is 11.3 Å². The number of methoxy groups -OCH3 is 1. The number of hydrogen-bond donors (Lipinski definition) is 1. The Morgan fingerprint density at radius 1 is 1.11 bits per heavy atom. The average molecular weight is 365 g/mol. The number of hydrogen-bond acceptors (Lipinski definition) is 5. The quantitative estimate of drug-likeness (QED) is 0.696. The van der Waals surface area contributed by atoms with Gasteiger partial charge in [0.2, 0.25) is 11.7 Å². The molecule has 1 N–H and O–H groups in total. The molecule has 2 aromatic carbocycles. The number of tetrazole rings is 1. The largest absolute Gasteiger partial charge is 0.497 e. The number of benzene rings is 2. The summed E-state index contributed by atoms with van der Waals surface area (Å²) in [4.78, 5) is 14.2. The van der Waals surface area contributed by atoms with E-state index in [0.717, 1.165) is 16.9 Å². The lowest BCUT2D eigenvalue weighted by atomic mass is 10.0. The number of carbonyl (C=O) groups excluding carboxylic acids is 1. The van der Waals surface area contributed by atoms with E-state index in [1.54, 1.807) is 7.11 Å². The maximum Gasteiger partial charge on any atom is 0.247 e. The molecule has 0 bridgehead atoms. The minimum atomic E-state index is -0.534. The van der Waals surface area contributed by atoms with Crippen LogP contribution in [-0.4, -0.2) is 33.2 Å². The zero-order valence-corrected chi connectivity index (χ0v) is 15.7. The molecular formula is C20H23N5O2. The van der Waals surface area contributed by atoms with E-state index >= 15 is 0 Å². The number of nitrogens with one attached hydrogen (secondary N) is 1. The van der Waals surface area contributed by atoms with Gasteiger partial charge in [-0.2, -0.15) is 4.80 Å². The molecule has 0 saturated carbocycles. The molecule has 3 rings (SSSR count). The molecule has 0 aliphatic heterocycles. The summed E-state index contributed by atoms with van der Waals surface area (Å²) in [6.07, 6.45) is 0. The Labute approximate surface area is 158 Å². The first-order valence-electron chi connectivity index (χ1n) is 8.84. The van der Waals surface area contributed by atoms with Gasteiger partial charge >= 0.3 is 0 Å². The van der Waals surface area contributed by atoms with Crippen molar-refractivity contribution in [3.05, 3.63) is 60.2 Å². The van der Waals surface area contributed by atoms with Crippen LogP contribution in [0.5, 0.6) is 5.75 Å². The van der Waals surface area contributed by atoms with Gasteiger partial charge in [-0.3, -0.25) is 4.79 Å². The van der Waals surface area contributed by atoms with E-state index in [1.807, 2.05) is 68.4 Å². The van der Waals surface area contributed by atoms with Gasteiger partial charge in [0.25, 0.3) is 0 Å². The standard InChI is InChI=1S/C20H23N5O2/c1-14(2)18(20(26)21-13-15-9-11-17(27-3)12-10-15)25-23-19(22-24-25)16-7-5-4-6-8-16/h4-12,14,18H,13H2,1-3H3,(H,21,26). The van der Waals surface area contributed by atoms with Gasteiger partial charge in [0, 0.05) is 12.1 Å². The Bertz CT molecular complexity index is 875. The molecule has 1 amide bonds. The van der Waals surface area contributed by atoms with Crippen molar-refractivity contribution in [1.82, 2.24) is 25.5 Å². The van der Waals surface area contributed by atoms with Gasteiger partial charge in [-0.05, 0) is 28.8 Å². The molecule has 1 atom stereocenters. The fourth-order valence-corrected chi connectivity index (χ4v) is 2.76. The van der Waals surface area contributed by atoms with E-state index in [1.165, 1.54) is 4.80 Å². The van der Waals surface area contributed by atoms with Crippen LogP contribution in [0.4, 0.5) is 0 Å². The molecule has 140 valence electrons. The van der Waals surface area contributed by atoms with Crippen molar-refractivity contribution in [3.63, 3.8) is 0 Å². The fraction of sp³-hybridized carbons (Fsp3) is 0.300. The molecule has 0 radical (unpaired) electrons. The Morgan fingerprint density at radius 3 is 2.44 bits per heavy atom. The molecule has 3 aromatic rings. The van der Waals surface area contributed by atoms with E-state index in [-0.39, 0.29) is 11.8 Å². The highest BCUT2D eigenvalue weighted by Gasteiger charge is 2.27. The molecule has 1 heterocycles. The zero-order valence-electron chi connectivity index (χ0n) is 15.7. The second-order valence-corrected chi connectivity index (χ2v) is 6.55. The molecule has 7 heteroatoms. The summed E-state index contributed by atoms with van der Waals surface area (Å²) < 4.78 is 5.15. The smallest absolute Gasteiger partial charge is 0.247 e.